The molecule has 2 aliphatic rings. The lowest BCUT2D eigenvalue weighted by Gasteiger charge is -2.18. The van der Waals surface area contributed by atoms with Gasteiger partial charge in [-0.1, -0.05) is 42.2 Å². The molecule has 0 aliphatic carbocycles. The van der Waals surface area contributed by atoms with E-state index in [1.54, 1.807) is 12.0 Å². The molecular weight excluding hydrogens is 454 g/mol. The summed E-state index contributed by atoms with van der Waals surface area (Å²) >= 11 is 6.85. The van der Waals surface area contributed by atoms with Crippen molar-refractivity contribution in [1.29, 1.82) is 0 Å². The predicted molar refractivity (Wildman–Crippen MR) is 134 cm³/mol. The van der Waals surface area contributed by atoms with Crippen LogP contribution in [0.1, 0.15) is 18.4 Å². The number of thioether (sulfide) groups is 1. The molecule has 0 spiro atoms. The van der Waals surface area contributed by atoms with Crippen LogP contribution >= 0.6 is 24.0 Å². The molecule has 3 heterocycles. The second-order valence-electron chi connectivity index (χ2n) is 7.87. The number of amides is 1. The zero-order chi connectivity index (χ0) is 22.8. The highest BCUT2D eigenvalue weighted by atomic mass is 32.2. The van der Waals surface area contributed by atoms with Gasteiger partial charge in [0, 0.05) is 23.9 Å². The van der Waals surface area contributed by atoms with Gasteiger partial charge in [-0.3, -0.25) is 9.69 Å². The van der Waals surface area contributed by atoms with E-state index in [2.05, 4.69) is 0 Å². The molecule has 0 N–H and O–H groups in total. The number of carbonyl (C=O) groups is 1. The maximum absolute atomic E-state index is 13.2. The molecule has 33 heavy (non-hydrogen) atoms. The molecule has 0 saturated carbocycles. The molecule has 8 heteroatoms. The Hall–Kier alpha value is -2.94. The van der Waals surface area contributed by atoms with Crippen molar-refractivity contribution in [2.75, 3.05) is 20.3 Å². The van der Waals surface area contributed by atoms with E-state index in [4.69, 9.17) is 26.8 Å². The van der Waals surface area contributed by atoms with E-state index in [1.165, 1.54) is 11.8 Å². The number of thiocarbonyl (C=S) groups is 1. The number of nitrogens with zero attached hydrogens (tertiary/aromatic N) is 3. The monoisotopic (exact) mass is 477 g/mol. The van der Waals surface area contributed by atoms with Gasteiger partial charge in [-0.2, -0.15) is 5.10 Å². The number of benzene rings is 2. The minimum absolute atomic E-state index is 0.0579. The van der Waals surface area contributed by atoms with Crippen LogP contribution in [0, 0.1) is 0 Å². The Morgan fingerprint density at radius 2 is 2.00 bits per heavy atom. The molecule has 3 aromatic rings. The topological polar surface area (TPSA) is 56.6 Å². The molecule has 0 bridgehead atoms. The van der Waals surface area contributed by atoms with Gasteiger partial charge in [0.2, 0.25) is 0 Å². The number of methoxy groups -OCH3 is 1. The Labute approximate surface area is 202 Å². The van der Waals surface area contributed by atoms with E-state index in [9.17, 15) is 4.79 Å². The van der Waals surface area contributed by atoms with E-state index in [0.717, 1.165) is 47.7 Å². The molecule has 2 aromatic carbocycles. The van der Waals surface area contributed by atoms with Crippen molar-refractivity contribution in [3.05, 3.63) is 71.3 Å². The first-order chi connectivity index (χ1) is 16.1. The van der Waals surface area contributed by atoms with Crippen LogP contribution in [0.15, 0.2) is 65.7 Å². The minimum atomic E-state index is -0.0753. The number of para-hydroxylation sites is 1. The molecule has 168 valence electrons. The third-order valence-electron chi connectivity index (χ3n) is 5.70. The Morgan fingerprint density at radius 1 is 1.21 bits per heavy atom. The van der Waals surface area contributed by atoms with Crippen LogP contribution in [0.3, 0.4) is 0 Å². The van der Waals surface area contributed by atoms with E-state index in [0.29, 0.717) is 15.8 Å². The standard InChI is InChI=1S/C25H23N3O3S2/c1-30-20-11-9-17(10-12-20)23-18(15-28(26-23)19-6-3-2-4-7-19)14-22-24(29)27(25(32)33-22)16-21-8-5-13-31-21/h2-4,6-7,9-12,14-15,21H,5,8,13,16H2,1H3. The summed E-state index contributed by atoms with van der Waals surface area (Å²) in [6.07, 6.45) is 5.88. The number of hydrogen-bond donors (Lipinski definition) is 0. The van der Waals surface area contributed by atoms with Crippen LogP contribution in [0.5, 0.6) is 5.75 Å². The number of hydrogen-bond acceptors (Lipinski definition) is 6. The summed E-state index contributed by atoms with van der Waals surface area (Å²) < 4.78 is 13.4. The summed E-state index contributed by atoms with van der Waals surface area (Å²) in [5, 5.41) is 4.84. The molecule has 0 radical (unpaired) electrons. The lowest BCUT2D eigenvalue weighted by Crippen LogP contribution is -2.35. The number of rotatable bonds is 6. The van der Waals surface area contributed by atoms with E-state index >= 15 is 0 Å². The summed E-state index contributed by atoms with van der Waals surface area (Å²) in [4.78, 5) is 15.4. The summed E-state index contributed by atoms with van der Waals surface area (Å²) in [6.45, 7) is 1.26. The molecule has 2 fully saturated rings. The van der Waals surface area contributed by atoms with E-state index < -0.39 is 0 Å². The maximum atomic E-state index is 13.2. The van der Waals surface area contributed by atoms with Crippen LogP contribution in [0.25, 0.3) is 23.0 Å². The van der Waals surface area contributed by atoms with Crippen LogP contribution in [0.4, 0.5) is 0 Å². The molecule has 5 rings (SSSR count). The number of carbonyl (C=O) groups excluding carboxylic acids is 1. The third kappa shape index (κ3) is 4.59. The second kappa shape index (κ2) is 9.51. The van der Waals surface area contributed by atoms with Crippen molar-refractivity contribution in [3.8, 4) is 22.7 Å². The highest BCUT2D eigenvalue weighted by molar-refractivity contribution is 8.26. The van der Waals surface area contributed by atoms with Crippen LogP contribution in [-0.2, 0) is 9.53 Å². The van der Waals surface area contributed by atoms with Gasteiger partial charge in [-0.15, -0.1) is 0 Å². The van der Waals surface area contributed by atoms with Gasteiger partial charge in [0.05, 0.1) is 36.0 Å². The average Bonchev–Trinajstić information content (AvgIpc) is 3.57. The van der Waals surface area contributed by atoms with Gasteiger partial charge in [0.25, 0.3) is 5.91 Å². The number of aromatic nitrogens is 2. The van der Waals surface area contributed by atoms with Crippen LogP contribution in [0.2, 0.25) is 0 Å². The molecule has 2 saturated heterocycles. The van der Waals surface area contributed by atoms with Crippen LogP contribution in [-0.4, -0.2) is 51.3 Å². The molecule has 1 unspecified atom stereocenters. The molecule has 1 atom stereocenters. The first-order valence-electron chi connectivity index (χ1n) is 10.8. The zero-order valence-corrected chi connectivity index (χ0v) is 19.8. The summed E-state index contributed by atoms with van der Waals surface area (Å²) in [5.74, 6) is 0.700. The van der Waals surface area contributed by atoms with Gasteiger partial charge in [0.15, 0.2) is 0 Å². The first-order valence-corrected chi connectivity index (χ1v) is 12.0. The smallest absolute Gasteiger partial charge is 0.266 e. The Bertz CT molecular complexity index is 1200. The Balaban J connectivity index is 1.50. The molecular formula is C25H23N3O3S2. The fourth-order valence-electron chi connectivity index (χ4n) is 3.97. The van der Waals surface area contributed by atoms with E-state index in [-0.39, 0.29) is 12.0 Å². The lowest BCUT2D eigenvalue weighted by molar-refractivity contribution is -0.123. The van der Waals surface area contributed by atoms with Crippen molar-refractivity contribution in [1.82, 2.24) is 14.7 Å². The number of ether oxygens (including phenoxy) is 2. The fraction of sp³-hybridized carbons (Fsp3) is 0.240. The molecule has 2 aliphatic heterocycles. The second-order valence-corrected chi connectivity index (χ2v) is 9.54. The maximum Gasteiger partial charge on any atom is 0.266 e. The minimum Gasteiger partial charge on any atom is -0.497 e. The average molecular weight is 478 g/mol. The quantitative estimate of drug-likeness (QED) is 0.371. The zero-order valence-electron chi connectivity index (χ0n) is 18.1. The van der Waals surface area contributed by atoms with Crippen molar-refractivity contribution >= 4 is 40.3 Å². The SMILES string of the molecule is COc1ccc(-c2nn(-c3ccccc3)cc2C=C2SC(=S)N(CC3CCCO3)C2=O)cc1. The summed E-state index contributed by atoms with van der Waals surface area (Å²) in [7, 11) is 1.64. The predicted octanol–water partition coefficient (Wildman–Crippen LogP) is 4.93. The van der Waals surface area contributed by atoms with E-state index in [1.807, 2.05) is 71.6 Å². The third-order valence-corrected chi connectivity index (χ3v) is 7.07. The summed E-state index contributed by atoms with van der Waals surface area (Å²) in [6, 6.07) is 17.7. The summed E-state index contributed by atoms with van der Waals surface area (Å²) in [5.41, 5.74) is 3.51. The fourth-order valence-corrected chi connectivity index (χ4v) is 5.24. The highest BCUT2D eigenvalue weighted by Crippen LogP contribution is 2.35. The van der Waals surface area contributed by atoms with Crippen molar-refractivity contribution in [2.45, 2.75) is 18.9 Å². The van der Waals surface area contributed by atoms with Crippen molar-refractivity contribution < 1.29 is 14.3 Å². The molecule has 1 aromatic heterocycles. The van der Waals surface area contributed by atoms with Gasteiger partial charge < -0.3 is 9.47 Å². The van der Waals surface area contributed by atoms with Gasteiger partial charge >= 0.3 is 0 Å². The largest absolute Gasteiger partial charge is 0.497 e. The first kappa shape index (κ1) is 21.9. The molecule has 6 nitrogen and oxygen atoms in total. The Kier molecular flexibility index (Phi) is 6.30. The highest BCUT2D eigenvalue weighted by Gasteiger charge is 2.35. The van der Waals surface area contributed by atoms with Gasteiger partial charge in [0.1, 0.15) is 10.1 Å². The van der Waals surface area contributed by atoms with Crippen LogP contribution < -0.4 is 4.74 Å². The van der Waals surface area contributed by atoms with Crippen molar-refractivity contribution in [2.24, 2.45) is 0 Å². The Morgan fingerprint density at radius 3 is 2.70 bits per heavy atom. The molecule has 1 amide bonds. The van der Waals surface area contributed by atoms with Gasteiger partial charge in [-0.05, 0) is 55.3 Å². The lowest BCUT2D eigenvalue weighted by atomic mass is 10.1. The van der Waals surface area contributed by atoms with Crippen molar-refractivity contribution in [3.63, 3.8) is 0 Å². The van der Waals surface area contributed by atoms with Gasteiger partial charge in [-0.25, -0.2) is 4.68 Å². The normalized spacial score (nSPS) is 19.6.